The summed E-state index contributed by atoms with van der Waals surface area (Å²) in [5, 5.41) is 0. The number of pyridine rings is 1. The van der Waals surface area contributed by atoms with Gasteiger partial charge in [0.1, 0.15) is 5.69 Å². The third-order valence-corrected chi connectivity index (χ3v) is 2.99. The molecule has 0 bridgehead atoms. The predicted octanol–water partition coefficient (Wildman–Crippen LogP) is 1.47. The largest absolute Gasteiger partial charge is 0.381 e. The Morgan fingerprint density at radius 3 is 2.82 bits per heavy atom. The molecule has 1 saturated heterocycles. The summed E-state index contributed by atoms with van der Waals surface area (Å²) >= 11 is 0. The number of amides is 1. The Bertz CT molecular complexity index is 405. The molecule has 0 spiro atoms. The molecule has 1 aliphatic rings. The molecule has 0 saturated carbocycles. The van der Waals surface area contributed by atoms with Gasteiger partial charge in [-0.15, -0.1) is 0 Å². The smallest absolute Gasteiger partial charge is 0.272 e. The van der Waals surface area contributed by atoms with Gasteiger partial charge in [0.25, 0.3) is 5.91 Å². The molecule has 2 rings (SSSR count). The van der Waals surface area contributed by atoms with Crippen molar-refractivity contribution in [3.05, 3.63) is 29.8 Å². The topological polar surface area (TPSA) is 42.4 Å². The molecule has 0 aliphatic carbocycles. The zero-order valence-corrected chi connectivity index (χ0v) is 9.73. The Balaban J connectivity index is 2.08. The lowest BCUT2D eigenvalue weighted by atomic mass is 10.1. The average molecular weight is 238 g/mol. The number of carbonyl (C=O) groups excluding carboxylic acids is 1. The average Bonchev–Trinajstić information content (AvgIpc) is 2.38. The van der Waals surface area contributed by atoms with Crippen LogP contribution in [0.1, 0.15) is 23.3 Å². The van der Waals surface area contributed by atoms with Crippen LogP contribution >= 0.6 is 0 Å². The summed E-state index contributed by atoms with van der Waals surface area (Å²) < 4.78 is 18.2. The molecule has 0 unspecified atom stereocenters. The Kier molecular flexibility index (Phi) is 3.68. The molecule has 4 nitrogen and oxygen atoms in total. The molecule has 1 fully saturated rings. The minimum atomic E-state index is -0.628. The highest BCUT2D eigenvalue weighted by atomic mass is 19.1. The lowest BCUT2D eigenvalue weighted by molar-refractivity contribution is 0.0358. The van der Waals surface area contributed by atoms with Crippen LogP contribution in [0.2, 0.25) is 0 Å². The van der Waals surface area contributed by atoms with Crippen molar-refractivity contribution in [2.75, 3.05) is 20.3 Å². The van der Waals surface area contributed by atoms with Gasteiger partial charge in [-0.1, -0.05) is 6.07 Å². The van der Waals surface area contributed by atoms with Crippen molar-refractivity contribution in [3.8, 4) is 0 Å². The summed E-state index contributed by atoms with van der Waals surface area (Å²) in [6.45, 7) is 1.33. The van der Waals surface area contributed by atoms with Crippen LogP contribution in [0.25, 0.3) is 0 Å². The summed E-state index contributed by atoms with van der Waals surface area (Å²) in [7, 11) is 1.73. The van der Waals surface area contributed by atoms with Crippen LogP contribution in [0.3, 0.4) is 0 Å². The summed E-state index contributed by atoms with van der Waals surface area (Å²) in [6.07, 6.45) is 1.63. The minimum absolute atomic E-state index is 0.152. The first-order valence-electron chi connectivity index (χ1n) is 5.66. The number of halogens is 1. The molecule has 92 valence electrons. The van der Waals surface area contributed by atoms with E-state index in [1.807, 2.05) is 0 Å². The van der Waals surface area contributed by atoms with Crippen LogP contribution in [-0.4, -0.2) is 42.1 Å². The van der Waals surface area contributed by atoms with Gasteiger partial charge in [0.2, 0.25) is 5.95 Å². The highest BCUT2D eigenvalue weighted by molar-refractivity contribution is 5.92. The summed E-state index contributed by atoms with van der Waals surface area (Å²) in [4.78, 5) is 17.3. The molecule has 5 heteroatoms. The Morgan fingerprint density at radius 2 is 2.18 bits per heavy atom. The summed E-state index contributed by atoms with van der Waals surface area (Å²) in [5.74, 6) is -0.868. The van der Waals surface area contributed by atoms with Crippen molar-refractivity contribution >= 4 is 5.91 Å². The molecule has 17 heavy (non-hydrogen) atoms. The van der Waals surface area contributed by atoms with Gasteiger partial charge in [-0.3, -0.25) is 4.79 Å². The first-order chi connectivity index (χ1) is 8.18. The molecular formula is C12H15FN2O2. The van der Waals surface area contributed by atoms with Gasteiger partial charge in [0.15, 0.2) is 0 Å². The maximum atomic E-state index is 12.9. The number of rotatable bonds is 2. The van der Waals surface area contributed by atoms with Crippen molar-refractivity contribution < 1.29 is 13.9 Å². The summed E-state index contributed by atoms with van der Waals surface area (Å²) in [6, 6.07) is 4.40. The molecular weight excluding hydrogens is 223 g/mol. The molecule has 0 aromatic carbocycles. The number of hydrogen-bond acceptors (Lipinski definition) is 3. The first-order valence-corrected chi connectivity index (χ1v) is 5.66. The van der Waals surface area contributed by atoms with E-state index in [0.29, 0.717) is 13.2 Å². The molecule has 1 amide bonds. The second-order valence-corrected chi connectivity index (χ2v) is 4.11. The van der Waals surface area contributed by atoms with Crippen molar-refractivity contribution in [1.82, 2.24) is 9.88 Å². The van der Waals surface area contributed by atoms with E-state index in [0.717, 1.165) is 12.8 Å². The summed E-state index contributed by atoms with van der Waals surface area (Å²) in [5.41, 5.74) is 0.152. The van der Waals surface area contributed by atoms with Crippen LogP contribution in [0.5, 0.6) is 0 Å². The number of carbonyl (C=O) groups is 1. The zero-order chi connectivity index (χ0) is 12.3. The highest BCUT2D eigenvalue weighted by Crippen LogP contribution is 2.15. The van der Waals surface area contributed by atoms with Crippen LogP contribution in [0.15, 0.2) is 18.2 Å². The van der Waals surface area contributed by atoms with Crippen LogP contribution < -0.4 is 0 Å². The molecule has 0 N–H and O–H groups in total. The number of ether oxygens (including phenoxy) is 1. The van der Waals surface area contributed by atoms with E-state index in [9.17, 15) is 9.18 Å². The SMILES string of the molecule is CN(C(=O)c1cccc(F)n1)C1CCOCC1. The fourth-order valence-corrected chi connectivity index (χ4v) is 1.95. The molecule has 0 radical (unpaired) electrons. The molecule has 0 atom stereocenters. The second kappa shape index (κ2) is 5.23. The van der Waals surface area contributed by atoms with Crippen LogP contribution in [0.4, 0.5) is 4.39 Å². The maximum absolute atomic E-state index is 12.9. The van der Waals surface area contributed by atoms with Gasteiger partial charge in [-0.05, 0) is 25.0 Å². The van der Waals surface area contributed by atoms with E-state index in [2.05, 4.69) is 4.98 Å². The van der Waals surface area contributed by atoms with Gasteiger partial charge in [0.05, 0.1) is 0 Å². The van der Waals surface area contributed by atoms with Crippen LogP contribution in [0, 0.1) is 5.95 Å². The van der Waals surface area contributed by atoms with Gasteiger partial charge < -0.3 is 9.64 Å². The van der Waals surface area contributed by atoms with Crippen molar-refractivity contribution in [3.63, 3.8) is 0 Å². The number of nitrogens with zero attached hydrogens (tertiary/aromatic N) is 2. The van der Waals surface area contributed by atoms with E-state index < -0.39 is 5.95 Å². The van der Waals surface area contributed by atoms with E-state index in [4.69, 9.17) is 4.74 Å². The third-order valence-electron chi connectivity index (χ3n) is 2.99. The first kappa shape index (κ1) is 12.0. The highest BCUT2D eigenvalue weighted by Gasteiger charge is 2.24. The maximum Gasteiger partial charge on any atom is 0.272 e. The second-order valence-electron chi connectivity index (χ2n) is 4.11. The van der Waals surface area contributed by atoms with Crippen LogP contribution in [-0.2, 0) is 4.74 Å². The van der Waals surface area contributed by atoms with E-state index in [1.165, 1.54) is 18.2 Å². The standard InChI is InChI=1S/C12H15FN2O2/c1-15(9-5-7-17-8-6-9)12(16)10-3-2-4-11(13)14-10/h2-4,9H,5-8H2,1H3. The van der Waals surface area contributed by atoms with Crippen molar-refractivity contribution in [2.45, 2.75) is 18.9 Å². The van der Waals surface area contributed by atoms with Crippen molar-refractivity contribution in [1.29, 1.82) is 0 Å². The lowest BCUT2D eigenvalue weighted by Gasteiger charge is -2.30. The molecule has 1 aromatic rings. The van der Waals surface area contributed by atoms with Gasteiger partial charge >= 0.3 is 0 Å². The number of aromatic nitrogens is 1. The molecule has 2 heterocycles. The fraction of sp³-hybridized carbons (Fsp3) is 0.500. The normalized spacial score (nSPS) is 16.8. The minimum Gasteiger partial charge on any atom is -0.381 e. The third kappa shape index (κ3) is 2.79. The van der Waals surface area contributed by atoms with E-state index >= 15 is 0 Å². The Hall–Kier alpha value is -1.49. The van der Waals surface area contributed by atoms with E-state index in [-0.39, 0.29) is 17.6 Å². The van der Waals surface area contributed by atoms with E-state index in [1.54, 1.807) is 11.9 Å². The predicted molar refractivity (Wildman–Crippen MR) is 60.1 cm³/mol. The monoisotopic (exact) mass is 238 g/mol. The number of hydrogen-bond donors (Lipinski definition) is 0. The molecule has 1 aliphatic heterocycles. The Labute approximate surface area is 99.4 Å². The van der Waals surface area contributed by atoms with Gasteiger partial charge in [-0.25, -0.2) is 4.98 Å². The van der Waals surface area contributed by atoms with Gasteiger partial charge in [-0.2, -0.15) is 4.39 Å². The zero-order valence-electron chi connectivity index (χ0n) is 9.73. The fourth-order valence-electron chi connectivity index (χ4n) is 1.95. The van der Waals surface area contributed by atoms with Gasteiger partial charge in [0, 0.05) is 26.3 Å². The quantitative estimate of drug-likeness (QED) is 0.733. The van der Waals surface area contributed by atoms with Crippen molar-refractivity contribution in [2.24, 2.45) is 0 Å². The lowest BCUT2D eigenvalue weighted by Crippen LogP contribution is -2.41. The Morgan fingerprint density at radius 1 is 1.47 bits per heavy atom. The molecule has 1 aromatic heterocycles.